The van der Waals surface area contributed by atoms with Gasteiger partial charge in [-0.25, -0.2) is 0 Å². The molecule has 21 heavy (non-hydrogen) atoms. The highest BCUT2D eigenvalue weighted by molar-refractivity contribution is 6.02. The number of aromatic amines is 1. The van der Waals surface area contributed by atoms with Crippen molar-refractivity contribution in [3.05, 3.63) is 47.3 Å². The van der Waals surface area contributed by atoms with E-state index in [1.165, 1.54) is 0 Å². The van der Waals surface area contributed by atoms with Gasteiger partial charge in [-0.2, -0.15) is 5.10 Å². The fraction of sp³-hybridized carbons (Fsp3) is 0.267. The number of carbonyl (C=O) groups is 2. The van der Waals surface area contributed by atoms with Crippen LogP contribution in [0.5, 0.6) is 0 Å². The number of aromatic nitrogens is 2. The normalized spacial score (nSPS) is 13.9. The number of amides is 2. The maximum absolute atomic E-state index is 12.1. The summed E-state index contributed by atoms with van der Waals surface area (Å²) in [6.07, 6.45) is 2.51. The Morgan fingerprint density at radius 3 is 2.62 bits per heavy atom. The van der Waals surface area contributed by atoms with Crippen LogP contribution in [-0.4, -0.2) is 22.0 Å². The number of nitrogens with two attached hydrogens (primary N) is 1. The van der Waals surface area contributed by atoms with Crippen molar-refractivity contribution in [3.8, 4) is 0 Å². The van der Waals surface area contributed by atoms with Crippen LogP contribution < -0.4 is 11.1 Å². The van der Waals surface area contributed by atoms with Gasteiger partial charge in [0, 0.05) is 17.3 Å². The molecule has 0 unspecified atom stereocenters. The Balaban J connectivity index is 1.64. The monoisotopic (exact) mass is 284 g/mol. The fourth-order valence-electron chi connectivity index (χ4n) is 2.16. The van der Waals surface area contributed by atoms with Crippen LogP contribution in [0.4, 0.5) is 5.69 Å². The maximum Gasteiger partial charge on any atom is 0.276 e. The second-order valence-corrected chi connectivity index (χ2v) is 5.28. The molecule has 6 heteroatoms. The minimum atomic E-state index is -0.379. The number of rotatable bonds is 5. The Labute approximate surface area is 121 Å². The lowest BCUT2D eigenvalue weighted by Crippen LogP contribution is -2.14. The zero-order valence-corrected chi connectivity index (χ0v) is 11.4. The summed E-state index contributed by atoms with van der Waals surface area (Å²) in [5.74, 6) is -0.0937. The molecule has 4 N–H and O–H groups in total. The highest BCUT2D eigenvalue weighted by Crippen LogP contribution is 2.39. The van der Waals surface area contributed by atoms with E-state index in [1.54, 1.807) is 30.3 Å². The van der Waals surface area contributed by atoms with Gasteiger partial charge in [0.25, 0.3) is 5.91 Å². The van der Waals surface area contributed by atoms with Crippen LogP contribution in [-0.2, 0) is 11.2 Å². The Kier molecular flexibility index (Phi) is 3.43. The summed E-state index contributed by atoms with van der Waals surface area (Å²) < 4.78 is 0. The van der Waals surface area contributed by atoms with E-state index in [9.17, 15) is 9.59 Å². The zero-order chi connectivity index (χ0) is 14.8. The third kappa shape index (κ3) is 3.28. The first kappa shape index (κ1) is 13.4. The molecule has 2 amide bonds. The van der Waals surface area contributed by atoms with Crippen LogP contribution in [0.1, 0.15) is 40.5 Å². The molecule has 108 valence electrons. The first-order chi connectivity index (χ1) is 10.1. The lowest BCUT2D eigenvalue weighted by atomic mass is 10.1. The van der Waals surface area contributed by atoms with E-state index in [0.717, 1.165) is 24.1 Å². The van der Waals surface area contributed by atoms with E-state index in [2.05, 4.69) is 15.5 Å². The molecule has 2 aromatic rings. The molecule has 1 aliphatic carbocycles. The van der Waals surface area contributed by atoms with Crippen molar-refractivity contribution in [1.29, 1.82) is 0 Å². The number of anilines is 1. The van der Waals surface area contributed by atoms with Gasteiger partial charge >= 0.3 is 0 Å². The van der Waals surface area contributed by atoms with E-state index in [-0.39, 0.29) is 18.2 Å². The Hall–Kier alpha value is -2.63. The van der Waals surface area contributed by atoms with Gasteiger partial charge in [0.15, 0.2) is 5.69 Å². The number of H-pyrrole nitrogens is 1. The van der Waals surface area contributed by atoms with Gasteiger partial charge in [-0.1, -0.05) is 12.1 Å². The highest BCUT2D eigenvalue weighted by atomic mass is 16.2. The standard InChI is InChI=1S/C15H16N4O2/c16-14(20)7-9-1-5-11(6-2-9)17-15(21)13-8-12(18-19-13)10-3-4-10/h1-2,5-6,8,10H,3-4,7H2,(H2,16,20)(H,17,21)(H,18,19). The van der Waals surface area contributed by atoms with Gasteiger partial charge in [-0.05, 0) is 36.6 Å². The Morgan fingerprint density at radius 1 is 1.29 bits per heavy atom. The summed E-state index contributed by atoms with van der Waals surface area (Å²) in [5.41, 5.74) is 8.02. The van der Waals surface area contributed by atoms with Crippen molar-refractivity contribution >= 4 is 17.5 Å². The molecule has 1 heterocycles. The van der Waals surface area contributed by atoms with E-state index < -0.39 is 0 Å². The summed E-state index contributed by atoms with van der Waals surface area (Å²) in [4.78, 5) is 22.9. The molecule has 0 aliphatic heterocycles. The lowest BCUT2D eigenvalue weighted by Gasteiger charge is -2.04. The molecular weight excluding hydrogens is 268 g/mol. The predicted octanol–water partition coefficient (Wildman–Crippen LogP) is 1.57. The molecule has 0 radical (unpaired) electrons. The molecule has 6 nitrogen and oxygen atoms in total. The molecule has 0 bridgehead atoms. The Bertz CT molecular complexity index is 671. The average molecular weight is 284 g/mol. The molecule has 1 saturated carbocycles. The number of benzene rings is 1. The predicted molar refractivity (Wildman–Crippen MR) is 77.9 cm³/mol. The number of primary amides is 1. The van der Waals surface area contributed by atoms with E-state index >= 15 is 0 Å². The summed E-state index contributed by atoms with van der Waals surface area (Å²) in [6.45, 7) is 0. The van der Waals surface area contributed by atoms with Crippen molar-refractivity contribution < 1.29 is 9.59 Å². The highest BCUT2D eigenvalue weighted by Gasteiger charge is 2.26. The van der Waals surface area contributed by atoms with Gasteiger partial charge in [0.1, 0.15) is 0 Å². The van der Waals surface area contributed by atoms with Crippen molar-refractivity contribution in [2.75, 3.05) is 5.32 Å². The summed E-state index contributed by atoms with van der Waals surface area (Å²) in [7, 11) is 0. The molecule has 0 atom stereocenters. The second-order valence-electron chi connectivity index (χ2n) is 5.28. The van der Waals surface area contributed by atoms with Crippen LogP contribution in [0, 0.1) is 0 Å². The van der Waals surface area contributed by atoms with Crippen LogP contribution >= 0.6 is 0 Å². The van der Waals surface area contributed by atoms with Crippen molar-refractivity contribution in [1.82, 2.24) is 10.2 Å². The van der Waals surface area contributed by atoms with Crippen LogP contribution in [0.25, 0.3) is 0 Å². The zero-order valence-electron chi connectivity index (χ0n) is 11.4. The van der Waals surface area contributed by atoms with Crippen molar-refractivity contribution in [2.24, 2.45) is 5.73 Å². The smallest absolute Gasteiger partial charge is 0.276 e. The Morgan fingerprint density at radius 2 is 2.00 bits per heavy atom. The van der Waals surface area contributed by atoms with E-state index in [4.69, 9.17) is 5.73 Å². The topological polar surface area (TPSA) is 101 Å². The number of carbonyl (C=O) groups excluding carboxylic acids is 2. The van der Waals surface area contributed by atoms with E-state index in [1.807, 2.05) is 0 Å². The van der Waals surface area contributed by atoms with Gasteiger partial charge in [0.05, 0.1) is 6.42 Å². The lowest BCUT2D eigenvalue weighted by molar-refractivity contribution is -0.117. The van der Waals surface area contributed by atoms with Gasteiger partial charge in [0.2, 0.25) is 5.91 Å². The second kappa shape index (κ2) is 5.40. The molecule has 3 rings (SSSR count). The molecule has 1 aromatic carbocycles. The van der Waals surface area contributed by atoms with Gasteiger partial charge < -0.3 is 11.1 Å². The SMILES string of the molecule is NC(=O)Cc1ccc(NC(=O)c2cc(C3CC3)[nH]n2)cc1. The van der Waals surface area contributed by atoms with E-state index in [0.29, 0.717) is 17.3 Å². The molecule has 1 fully saturated rings. The summed E-state index contributed by atoms with van der Waals surface area (Å²) >= 11 is 0. The third-order valence-corrected chi connectivity index (χ3v) is 3.44. The third-order valence-electron chi connectivity index (χ3n) is 3.44. The summed E-state index contributed by atoms with van der Waals surface area (Å²) in [5, 5.41) is 9.71. The molecule has 1 aromatic heterocycles. The molecule has 0 saturated heterocycles. The van der Waals surface area contributed by atoms with Crippen LogP contribution in [0.2, 0.25) is 0 Å². The van der Waals surface area contributed by atoms with Gasteiger partial charge in [-0.15, -0.1) is 0 Å². The quantitative estimate of drug-likeness (QED) is 0.776. The van der Waals surface area contributed by atoms with Crippen molar-refractivity contribution in [2.45, 2.75) is 25.2 Å². The first-order valence-electron chi connectivity index (χ1n) is 6.86. The average Bonchev–Trinajstić information content (AvgIpc) is 3.18. The number of nitrogens with one attached hydrogen (secondary N) is 2. The number of hydrogen-bond donors (Lipinski definition) is 3. The maximum atomic E-state index is 12.1. The largest absolute Gasteiger partial charge is 0.369 e. The first-order valence-corrected chi connectivity index (χ1v) is 6.86. The number of hydrogen-bond acceptors (Lipinski definition) is 3. The molecule has 0 spiro atoms. The fourth-order valence-corrected chi connectivity index (χ4v) is 2.16. The van der Waals surface area contributed by atoms with Crippen LogP contribution in [0.15, 0.2) is 30.3 Å². The molecule has 1 aliphatic rings. The summed E-state index contributed by atoms with van der Waals surface area (Å²) in [6, 6.07) is 8.81. The minimum Gasteiger partial charge on any atom is -0.369 e. The van der Waals surface area contributed by atoms with Crippen LogP contribution in [0.3, 0.4) is 0 Å². The van der Waals surface area contributed by atoms with Gasteiger partial charge in [-0.3, -0.25) is 14.7 Å². The minimum absolute atomic E-state index is 0.193. The van der Waals surface area contributed by atoms with Crippen molar-refractivity contribution in [3.63, 3.8) is 0 Å². The number of nitrogens with zero attached hydrogens (tertiary/aromatic N) is 1. The molecular formula is C15H16N4O2.